The number of nitrogens with one attached hydrogen (secondary N) is 1. The second kappa shape index (κ2) is 7.77. The highest BCUT2D eigenvalue weighted by molar-refractivity contribution is 9.10. The van der Waals surface area contributed by atoms with Crippen LogP contribution in [0.5, 0.6) is 0 Å². The molecule has 0 fully saturated rings. The summed E-state index contributed by atoms with van der Waals surface area (Å²) in [5.41, 5.74) is 3.14. The van der Waals surface area contributed by atoms with Crippen molar-refractivity contribution < 1.29 is 4.79 Å². The Hall–Kier alpha value is -1.63. The molecule has 0 bridgehead atoms. The van der Waals surface area contributed by atoms with Gasteiger partial charge in [0.15, 0.2) is 0 Å². The molecule has 2 aromatic heterocycles. The number of carbonyl (C=O) groups excluding carboxylic acids is 1. The summed E-state index contributed by atoms with van der Waals surface area (Å²) in [4.78, 5) is 12.2. The molecule has 0 aliphatic carbocycles. The van der Waals surface area contributed by atoms with Gasteiger partial charge in [-0.1, -0.05) is 6.92 Å². The molecule has 0 aliphatic heterocycles. The highest BCUT2D eigenvalue weighted by Gasteiger charge is 2.16. The maximum atomic E-state index is 12.2. The lowest BCUT2D eigenvalue weighted by molar-refractivity contribution is -0.124. The Bertz CT molecular complexity index is 676. The first kappa shape index (κ1) is 17.7. The van der Waals surface area contributed by atoms with Crippen LogP contribution in [-0.4, -0.2) is 32.0 Å². The molecule has 1 unspecified atom stereocenters. The average Bonchev–Trinajstić information content (AvgIpc) is 3.03. The Morgan fingerprint density at radius 1 is 1.35 bits per heavy atom. The van der Waals surface area contributed by atoms with Gasteiger partial charge in [0.05, 0.1) is 22.6 Å². The lowest BCUT2D eigenvalue weighted by atomic mass is 10.1. The SMILES string of the molecule is Cc1nn(CC(C)C(=O)NCCCn2nccc2C)c(C)c1Br. The van der Waals surface area contributed by atoms with Gasteiger partial charge in [-0.3, -0.25) is 14.2 Å². The van der Waals surface area contributed by atoms with Crippen LogP contribution < -0.4 is 5.32 Å². The average molecular weight is 382 g/mol. The van der Waals surface area contributed by atoms with E-state index in [1.165, 1.54) is 0 Å². The van der Waals surface area contributed by atoms with Crippen molar-refractivity contribution in [1.82, 2.24) is 24.9 Å². The van der Waals surface area contributed by atoms with E-state index in [1.54, 1.807) is 6.20 Å². The number of hydrogen-bond donors (Lipinski definition) is 1. The molecule has 2 rings (SSSR count). The number of rotatable bonds is 7. The van der Waals surface area contributed by atoms with E-state index in [-0.39, 0.29) is 11.8 Å². The van der Waals surface area contributed by atoms with Gasteiger partial charge >= 0.3 is 0 Å². The number of aromatic nitrogens is 4. The van der Waals surface area contributed by atoms with Crippen LogP contribution >= 0.6 is 15.9 Å². The van der Waals surface area contributed by atoms with Gasteiger partial charge in [-0.25, -0.2) is 0 Å². The van der Waals surface area contributed by atoms with Crippen molar-refractivity contribution in [1.29, 1.82) is 0 Å². The molecule has 2 aromatic rings. The molecule has 23 heavy (non-hydrogen) atoms. The van der Waals surface area contributed by atoms with E-state index >= 15 is 0 Å². The molecule has 0 aliphatic rings. The number of aryl methyl sites for hydroxylation is 3. The lowest BCUT2D eigenvalue weighted by Crippen LogP contribution is -2.33. The summed E-state index contributed by atoms with van der Waals surface area (Å²) in [6.07, 6.45) is 2.66. The fourth-order valence-electron chi connectivity index (χ4n) is 2.44. The standard InChI is InChI=1S/C16H24BrN5O/c1-11(10-22-14(4)15(17)13(3)20-22)16(23)18-7-5-9-21-12(2)6-8-19-21/h6,8,11H,5,7,9-10H2,1-4H3,(H,18,23). The molecule has 0 saturated carbocycles. The van der Waals surface area contributed by atoms with Crippen molar-refractivity contribution in [3.05, 3.63) is 33.8 Å². The minimum absolute atomic E-state index is 0.0610. The first-order chi connectivity index (χ1) is 10.9. The summed E-state index contributed by atoms with van der Waals surface area (Å²) in [6.45, 7) is 9.97. The van der Waals surface area contributed by atoms with Crippen LogP contribution in [0.15, 0.2) is 16.7 Å². The van der Waals surface area contributed by atoms with Gasteiger partial charge in [0.1, 0.15) is 0 Å². The van der Waals surface area contributed by atoms with Crippen LogP contribution in [0.3, 0.4) is 0 Å². The fourth-order valence-corrected chi connectivity index (χ4v) is 2.73. The topological polar surface area (TPSA) is 64.7 Å². The van der Waals surface area contributed by atoms with Crippen LogP contribution in [0, 0.1) is 26.7 Å². The van der Waals surface area contributed by atoms with Crippen molar-refractivity contribution in [3.8, 4) is 0 Å². The lowest BCUT2D eigenvalue weighted by Gasteiger charge is -2.13. The smallest absolute Gasteiger partial charge is 0.224 e. The predicted octanol–water partition coefficient (Wildman–Crippen LogP) is 2.61. The minimum atomic E-state index is -0.119. The molecule has 0 aromatic carbocycles. The van der Waals surface area contributed by atoms with Gasteiger partial charge in [-0.15, -0.1) is 0 Å². The summed E-state index contributed by atoms with van der Waals surface area (Å²) in [6, 6.07) is 1.98. The molecule has 6 nitrogen and oxygen atoms in total. The van der Waals surface area contributed by atoms with E-state index in [2.05, 4.69) is 31.4 Å². The van der Waals surface area contributed by atoms with Crippen molar-refractivity contribution in [2.45, 2.75) is 47.2 Å². The normalized spacial score (nSPS) is 12.4. The Kier molecular flexibility index (Phi) is 5.98. The van der Waals surface area contributed by atoms with Crippen LogP contribution in [0.25, 0.3) is 0 Å². The fraction of sp³-hybridized carbons (Fsp3) is 0.562. The first-order valence-electron chi connectivity index (χ1n) is 7.85. The molecule has 0 saturated heterocycles. The van der Waals surface area contributed by atoms with Crippen molar-refractivity contribution >= 4 is 21.8 Å². The van der Waals surface area contributed by atoms with Crippen LogP contribution in [0.4, 0.5) is 0 Å². The van der Waals surface area contributed by atoms with Crippen LogP contribution in [0.2, 0.25) is 0 Å². The third-order valence-electron chi connectivity index (χ3n) is 3.96. The molecule has 0 radical (unpaired) electrons. The number of nitrogens with zero attached hydrogens (tertiary/aromatic N) is 4. The molecule has 126 valence electrons. The molecule has 1 amide bonds. The monoisotopic (exact) mass is 381 g/mol. The maximum Gasteiger partial charge on any atom is 0.224 e. The Morgan fingerprint density at radius 3 is 2.65 bits per heavy atom. The largest absolute Gasteiger partial charge is 0.356 e. The van der Waals surface area contributed by atoms with Gasteiger partial charge in [0.2, 0.25) is 5.91 Å². The number of halogens is 1. The molecule has 1 atom stereocenters. The zero-order chi connectivity index (χ0) is 17.0. The van der Waals surface area contributed by atoms with E-state index in [0.29, 0.717) is 13.1 Å². The third kappa shape index (κ3) is 4.43. The van der Waals surface area contributed by atoms with E-state index in [9.17, 15) is 4.79 Å². The quantitative estimate of drug-likeness (QED) is 0.749. The van der Waals surface area contributed by atoms with Crippen molar-refractivity contribution in [3.63, 3.8) is 0 Å². The molecular formula is C16H24BrN5O. The molecule has 0 spiro atoms. The zero-order valence-electron chi connectivity index (χ0n) is 14.1. The van der Waals surface area contributed by atoms with Gasteiger partial charge < -0.3 is 5.32 Å². The Labute approximate surface area is 145 Å². The number of hydrogen-bond acceptors (Lipinski definition) is 3. The maximum absolute atomic E-state index is 12.2. The summed E-state index contributed by atoms with van der Waals surface area (Å²) in [5, 5.41) is 11.7. The number of amides is 1. The van der Waals surface area contributed by atoms with Gasteiger partial charge in [-0.2, -0.15) is 10.2 Å². The van der Waals surface area contributed by atoms with E-state index in [4.69, 9.17) is 0 Å². The second-order valence-corrected chi connectivity index (χ2v) is 6.70. The van der Waals surface area contributed by atoms with Crippen molar-refractivity contribution in [2.75, 3.05) is 6.54 Å². The molecular weight excluding hydrogens is 358 g/mol. The van der Waals surface area contributed by atoms with E-state index < -0.39 is 0 Å². The third-order valence-corrected chi connectivity index (χ3v) is 5.11. The Balaban J connectivity index is 1.76. The van der Waals surface area contributed by atoms with E-state index in [1.807, 2.05) is 43.1 Å². The van der Waals surface area contributed by atoms with Crippen LogP contribution in [0.1, 0.15) is 30.4 Å². The van der Waals surface area contributed by atoms with Gasteiger partial charge in [0.25, 0.3) is 0 Å². The molecule has 1 N–H and O–H groups in total. The summed E-state index contributed by atoms with van der Waals surface area (Å²) in [5.74, 6) is -0.0581. The minimum Gasteiger partial charge on any atom is -0.356 e. The second-order valence-electron chi connectivity index (χ2n) is 5.91. The predicted molar refractivity (Wildman–Crippen MR) is 93.2 cm³/mol. The van der Waals surface area contributed by atoms with Crippen molar-refractivity contribution in [2.24, 2.45) is 5.92 Å². The summed E-state index contributed by atoms with van der Waals surface area (Å²) < 4.78 is 4.85. The van der Waals surface area contributed by atoms with Gasteiger partial charge in [-0.05, 0) is 49.2 Å². The summed E-state index contributed by atoms with van der Waals surface area (Å²) >= 11 is 3.51. The first-order valence-corrected chi connectivity index (χ1v) is 8.65. The van der Waals surface area contributed by atoms with Gasteiger partial charge in [0, 0.05) is 30.7 Å². The van der Waals surface area contributed by atoms with Crippen LogP contribution in [-0.2, 0) is 17.9 Å². The highest BCUT2D eigenvalue weighted by atomic mass is 79.9. The highest BCUT2D eigenvalue weighted by Crippen LogP contribution is 2.20. The zero-order valence-corrected chi connectivity index (χ0v) is 15.7. The Morgan fingerprint density at radius 2 is 2.09 bits per heavy atom. The van der Waals surface area contributed by atoms with E-state index in [0.717, 1.165) is 34.5 Å². The molecule has 7 heteroatoms. The molecule has 2 heterocycles. The number of carbonyl (C=O) groups is 1. The summed E-state index contributed by atoms with van der Waals surface area (Å²) in [7, 11) is 0.